The van der Waals surface area contributed by atoms with Gasteiger partial charge in [0.05, 0.1) is 12.3 Å². The molecule has 0 saturated carbocycles. The average Bonchev–Trinajstić information content (AvgIpc) is 3.09. The van der Waals surface area contributed by atoms with Crippen molar-refractivity contribution in [3.63, 3.8) is 0 Å². The van der Waals surface area contributed by atoms with E-state index in [9.17, 15) is 9.59 Å². The van der Waals surface area contributed by atoms with Crippen molar-refractivity contribution in [1.82, 2.24) is 25.1 Å². The van der Waals surface area contributed by atoms with E-state index in [1.165, 1.54) is 4.68 Å². The van der Waals surface area contributed by atoms with Crippen LogP contribution in [0.5, 0.6) is 0 Å². The molecule has 0 aliphatic heterocycles. The lowest BCUT2D eigenvalue weighted by molar-refractivity contribution is -0.140. The van der Waals surface area contributed by atoms with E-state index < -0.39 is 0 Å². The lowest BCUT2D eigenvalue weighted by Gasteiger charge is -2.17. The lowest BCUT2D eigenvalue weighted by atomic mass is 10.3. The minimum absolute atomic E-state index is 0.0644. The zero-order valence-corrected chi connectivity index (χ0v) is 15.8. The molecule has 140 valence electrons. The molecule has 0 radical (unpaired) electrons. The molecule has 26 heavy (non-hydrogen) atoms. The molecule has 0 bridgehead atoms. The van der Waals surface area contributed by atoms with Gasteiger partial charge in [-0.25, -0.2) is 0 Å². The molecule has 0 saturated heterocycles. The number of nitrogens with zero attached hydrogens (tertiary/aromatic N) is 5. The van der Waals surface area contributed by atoms with Gasteiger partial charge in [-0.15, -0.1) is 5.10 Å². The average molecular weight is 378 g/mol. The number of amides is 1. The third kappa shape index (κ3) is 5.19. The molecule has 9 nitrogen and oxygen atoms in total. The van der Waals surface area contributed by atoms with Gasteiger partial charge in [0.2, 0.25) is 5.16 Å². The van der Waals surface area contributed by atoms with Crippen LogP contribution in [0.25, 0.3) is 5.69 Å². The third-order valence-corrected chi connectivity index (χ3v) is 4.34. The fraction of sp³-hybridized carbons (Fsp3) is 0.438. The van der Waals surface area contributed by atoms with Crippen LogP contribution < -0.4 is 5.32 Å². The summed E-state index contributed by atoms with van der Waals surface area (Å²) in [6.45, 7) is 7.25. The van der Waals surface area contributed by atoms with Crippen LogP contribution in [-0.4, -0.2) is 62.6 Å². The maximum atomic E-state index is 12.3. The highest BCUT2D eigenvalue weighted by Gasteiger charge is 2.18. The van der Waals surface area contributed by atoms with Crippen molar-refractivity contribution < 1.29 is 14.3 Å². The smallest absolute Gasteiger partial charge is 0.325 e. The topological polar surface area (TPSA) is 102 Å². The third-order valence-electron chi connectivity index (χ3n) is 3.47. The predicted octanol–water partition coefficient (Wildman–Crippen LogP) is 2.19. The van der Waals surface area contributed by atoms with Gasteiger partial charge in [0.25, 0.3) is 5.24 Å². The molecule has 1 aromatic heterocycles. The Morgan fingerprint density at radius 3 is 2.73 bits per heavy atom. The van der Waals surface area contributed by atoms with E-state index in [4.69, 9.17) is 4.74 Å². The standard InChI is InChI=1S/C16H22N6O3S/c1-4-21(5-2)16(24)26-15-18-19-20-22(15)13-9-7-8-12(10-13)17-11-14(23)25-6-3/h7-10,17H,4-6,11H2,1-3H3. The van der Waals surface area contributed by atoms with Crippen LogP contribution in [-0.2, 0) is 9.53 Å². The number of anilines is 1. The fourth-order valence-electron chi connectivity index (χ4n) is 2.16. The van der Waals surface area contributed by atoms with Crippen molar-refractivity contribution in [1.29, 1.82) is 0 Å². The summed E-state index contributed by atoms with van der Waals surface area (Å²) in [7, 11) is 0. The van der Waals surface area contributed by atoms with E-state index in [2.05, 4.69) is 20.8 Å². The fourth-order valence-corrected chi connectivity index (χ4v) is 3.01. The number of esters is 1. The van der Waals surface area contributed by atoms with Gasteiger partial charge in [-0.1, -0.05) is 6.07 Å². The van der Waals surface area contributed by atoms with Gasteiger partial charge in [-0.05, 0) is 49.4 Å². The van der Waals surface area contributed by atoms with Crippen molar-refractivity contribution in [2.75, 3.05) is 31.6 Å². The molecule has 2 rings (SSSR count). The summed E-state index contributed by atoms with van der Waals surface area (Å²) in [5.74, 6) is -0.332. The highest BCUT2D eigenvalue weighted by atomic mass is 32.2. The summed E-state index contributed by atoms with van der Waals surface area (Å²) in [4.78, 5) is 25.4. The number of hydrogen-bond acceptors (Lipinski definition) is 8. The first-order valence-corrected chi connectivity index (χ1v) is 9.15. The molecule has 0 fully saturated rings. The van der Waals surface area contributed by atoms with E-state index in [0.29, 0.717) is 30.5 Å². The predicted molar refractivity (Wildman–Crippen MR) is 98.5 cm³/mol. The Morgan fingerprint density at radius 2 is 2.04 bits per heavy atom. The molecule has 0 aliphatic rings. The molecule has 1 heterocycles. The zero-order valence-electron chi connectivity index (χ0n) is 15.0. The second kappa shape index (κ2) is 9.76. The van der Waals surface area contributed by atoms with Gasteiger partial charge in [0, 0.05) is 30.5 Å². The summed E-state index contributed by atoms with van der Waals surface area (Å²) in [5, 5.41) is 14.8. The summed E-state index contributed by atoms with van der Waals surface area (Å²) in [6.07, 6.45) is 0. The number of thioether (sulfide) groups is 1. The van der Waals surface area contributed by atoms with Crippen LogP contribution in [0.1, 0.15) is 20.8 Å². The number of carbonyl (C=O) groups excluding carboxylic acids is 2. The van der Waals surface area contributed by atoms with E-state index in [-0.39, 0.29) is 17.8 Å². The highest BCUT2D eigenvalue weighted by Crippen LogP contribution is 2.22. The first-order chi connectivity index (χ1) is 12.6. The van der Waals surface area contributed by atoms with Crippen LogP contribution >= 0.6 is 11.8 Å². The van der Waals surface area contributed by atoms with E-state index in [0.717, 1.165) is 17.4 Å². The van der Waals surface area contributed by atoms with Crippen LogP contribution in [0.4, 0.5) is 10.5 Å². The second-order valence-corrected chi connectivity index (χ2v) is 6.04. The summed E-state index contributed by atoms with van der Waals surface area (Å²) >= 11 is 0.979. The Labute approximate surface area is 156 Å². The Kier molecular flexibility index (Phi) is 7.39. The molecule has 0 aliphatic carbocycles. The van der Waals surface area contributed by atoms with Crippen LogP contribution in [0.2, 0.25) is 0 Å². The number of aromatic nitrogens is 4. The molecule has 1 amide bonds. The Morgan fingerprint density at radius 1 is 1.27 bits per heavy atom. The van der Waals surface area contributed by atoms with Crippen molar-refractivity contribution in [3.05, 3.63) is 24.3 Å². The number of hydrogen-bond donors (Lipinski definition) is 1. The first-order valence-electron chi connectivity index (χ1n) is 8.34. The SMILES string of the molecule is CCOC(=O)CNc1cccc(-n2nnnc2SC(=O)N(CC)CC)c1. The largest absolute Gasteiger partial charge is 0.465 e. The van der Waals surface area contributed by atoms with E-state index >= 15 is 0 Å². The van der Waals surface area contributed by atoms with Gasteiger partial charge in [-0.3, -0.25) is 9.59 Å². The van der Waals surface area contributed by atoms with Crippen molar-refractivity contribution in [3.8, 4) is 5.69 Å². The number of carbonyl (C=O) groups is 2. The van der Waals surface area contributed by atoms with Gasteiger partial charge in [0.1, 0.15) is 6.54 Å². The number of tetrazole rings is 1. The highest BCUT2D eigenvalue weighted by molar-refractivity contribution is 8.13. The van der Waals surface area contributed by atoms with Crippen LogP contribution in [0, 0.1) is 0 Å². The van der Waals surface area contributed by atoms with Crippen molar-refractivity contribution in [2.24, 2.45) is 0 Å². The molecule has 0 spiro atoms. The monoisotopic (exact) mass is 378 g/mol. The Hall–Kier alpha value is -2.62. The first kappa shape index (κ1) is 19.7. The molecule has 1 N–H and O–H groups in total. The number of ether oxygens (including phenoxy) is 1. The van der Waals surface area contributed by atoms with Gasteiger partial charge in [0.15, 0.2) is 0 Å². The quantitative estimate of drug-likeness (QED) is 0.551. The van der Waals surface area contributed by atoms with Gasteiger partial charge < -0.3 is 15.0 Å². The Balaban J connectivity index is 2.12. The molecule has 0 atom stereocenters. The molecule has 2 aromatic rings. The molecule has 0 unspecified atom stereocenters. The summed E-state index contributed by atoms with van der Waals surface area (Å²) in [5.41, 5.74) is 1.40. The zero-order chi connectivity index (χ0) is 18.9. The summed E-state index contributed by atoms with van der Waals surface area (Å²) < 4.78 is 6.38. The van der Waals surface area contributed by atoms with Gasteiger partial charge >= 0.3 is 5.97 Å². The van der Waals surface area contributed by atoms with Crippen LogP contribution in [0.15, 0.2) is 29.4 Å². The molecule has 10 heteroatoms. The Bertz CT molecular complexity index is 747. The lowest BCUT2D eigenvalue weighted by Crippen LogP contribution is -2.27. The van der Waals surface area contributed by atoms with E-state index in [1.807, 2.05) is 32.0 Å². The maximum absolute atomic E-state index is 12.3. The van der Waals surface area contributed by atoms with E-state index in [1.54, 1.807) is 17.9 Å². The molecular weight excluding hydrogens is 356 g/mol. The number of nitrogens with one attached hydrogen (secondary N) is 1. The number of rotatable bonds is 8. The maximum Gasteiger partial charge on any atom is 0.325 e. The van der Waals surface area contributed by atoms with Crippen molar-refractivity contribution >= 4 is 28.7 Å². The molecule has 1 aromatic carbocycles. The normalized spacial score (nSPS) is 10.4. The van der Waals surface area contributed by atoms with Crippen LogP contribution in [0.3, 0.4) is 0 Å². The van der Waals surface area contributed by atoms with Crippen molar-refractivity contribution in [2.45, 2.75) is 25.9 Å². The number of benzene rings is 1. The minimum atomic E-state index is -0.332. The second-order valence-electron chi connectivity index (χ2n) is 5.12. The minimum Gasteiger partial charge on any atom is -0.465 e. The molecular formula is C16H22N6O3S. The summed E-state index contributed by atoms with van der Waals surface area (Å²) in [6, 6.07) is 7.24. The van der Waals surface area contributed by atoms with Gasteiger partial charge in [-0.2, -0.15) is 4.68 Å².